The van der Waals surface area contributed by atoms with Gasteiger partial charge in [0.25, 0.3) is 0 Å². The Labute approximate surface area is 119 Å². The zero-order valence-corrected chi connectivity index (χ0v) is 12.0. The fourth-order valence-corrected chi connectivity index (χ4v) is 1.50. The molecule has 5 heteroatoms. The molecule has 0 fully saturated rings. The summed E-state index contributed by atoms with van der Waals surface area (Å²) in [4.78, 5) is 10.6. The van der Waals surface area contributed by atoms with Crippen LogP contribution >= 0.6 is 0 Å². The normalized spacial score (nSPS) is 13.8. The second kappa shape index (κ2) is 7.87. The van der Waals surface area contributed by atoms with Gasteiger partial charge in [-0.25, -0.2) is 0 Å². The van der Waals surface area contributed by atoms with Crippen LogP contribution in [-0.2, 0) is 4.74 Å². The molecule has 0 heterocycles. The summed E-state index contributed by atoms with van der Waals surface area (Å²) in [5, 5.41) is 19.3. The first-order valence-corrected chi connectivity index (χ1v) is 6.69. The Morgan fingerprint density at radius 2 is 2.05 bits per heavy atom. The summed E-state index contributed by atoms with van der Waals surface area (Å²) in [6.07, 6.45) is 1.93. The van der Waals surface area contributed by atoms with E-state index < -0.39 is 5.60 Å². The number of carbonyl (C=O) groups is 1. The van der Waals surface area contributed by atoms with Crippen molar-refractivity contribution < 1.29 is 24.5 Å². The van der Waals surface area contributed by atoms with Crippen molar-refractivity contribution in [2.75, 3.05) is 19.8 Å². The second-order valence-corrected chi connectivity index (χ2v) is 4.91. The molecule has 1 aromatic carbocycles. The molecule has 1 atom stereocenters. The van der Waals surface area contributed by atoms with Crippen LogP contribution < -0.4 is 4.74 Å². The van der Waals surface area contributed by atoms with Gasteiger partial charge in [0.15, 0.2) is 11.5 Å². The molecule has 1 unspecified atom stereocenters. The zero-order chi connectivity index (χ0) is 15.0. The van der Waals surface area contributed by atoms with Crippen LogP contribution in [0, 0.1) is 0 Å². The molecule has 0 bridgehead atoms. The number of benzene rings is 1. The number of aliphatic hydroxyl groups is 1. The van der Waals surface area contributed by atoms with E-state index in [1.54, 1.807) is 6.92 Å². The Balaban J connectivity index is 2.26. The Hall–Kier alpha value is -1.59. The summed E-state index contributed by atoms with van der Waals surface area (Å²) in [6.45, 7) is 4.76. The first-order chi connectivity index (χ1) is 9.48. The highest BCUT2D eigenvalue weighted by atomic mass is 16.5. The van der Waals surface area contributed by atoms with Crippen LogP contribution in [-0.4, -0.2) is 41.9 Å². The van der Waals surface area contributed by atoms with E-state index in [1.807, 2.05) is 6.92 Å². The third-order valence-corrected chi connectivity index (χ3v) is 3.15. The molecule has 0 saturated carbocycles. The van der Waals surface area contributed by atoms with Crippen molar-refractivity contribution in [1.82, 2.24) is 0 Å². The summed E-state index contributed by atoms with van der Waals surface area (Å²) >= 11 is 0. The molecule has 0 radical (unpaired) electrons. The van der Waals surface area contributed by atoms with Crippen molar-refractivity contribution in [2.24, 2.45) is 0 Å². The maximum atomic E-state index is 10.6. The highest BCUT2D eigenvalue weighted by Gasteiger charge is 2.16. The fourth-order valence-electron chi connectivity index (χ4n) is 1.50. The maximum Gasteiger partial charge on any atom is 0.161 e. The molecular formula is C15H22O5. The van der Waals surface area contributed by atoms with Crippen molar-refractivity contribution in [2.45, 2.75) is 32.3 Å². The lowest BCUT2D eigenvalue weighted by Gasteiger charge is -2.20. The van der Waals surface area contributed by atoms with Crippen LogP contribution in [0.5, 0.6) is 11.5 Å². The molecular weight excluding hydrogens is 260 g/mol. The number of ether oxygens (including phenoxy) is 2. The zero-order valence-electron chi connectivity index (χ0n) is 12.0. The van der Waals surface area contributed by atoms with E-state index in [1.165, 1.54) is 18.2 Å². The first-order valence-electron chi connectivity index (χ1n) is 6.69. The summed E-state index contributed by atoms with van der Waals surface area (Å²) in [5.41, 5.74) is -0.255. The van der Waals surface area contributed by atoms with Crippen molar-refractivity contribution in [3.63, 3.8) is 0 Å². The number of phenols is 1. The van der Waals surface area contributed by atoms with Gasteiger partial charge in [0.1, 0.15) is 12.9 Å². The minimum absolute atomic E-state index is 0.00971. The highest BCUT2D eigenvalue weighted by molar-refractivity contribution is 5.76. The second-order valence-electron chi connectivity index (χ2n) is 4.91. The van der Waals surface area contributed by atoms with Crippen molar-refractivity contribution in [3.8, 4) is 11.5 Å². The monoisotopic (exact) mass is 282 g/mol. The van der Waals surface area contributed by atoms with Gasteiger partial charge in [-0.05, 0) is 38.0 Å². The average molecular weight is 282 g/mol. The van der Waals surface area contributed by atoms with Crippen LogP contribution in [0.3, 0.4) is 0 Å². The van der Waals surface area contributed by atoms with Crippen molar-refractivity contribution >= 4 is 6.29 Å². The molecule has 0 aliphatic carbocycles. The number of aromatic hydroxyl groups is 1. The minimum Gasteiger partial charge on any atom is -0.504 e. The third-order valence-electron chi connectivity index (χ3n) is 3.15. The number of phenolic OH excluding ortho intramolecular Hbond substituents is 1. The third kappa shape index (κ3) is 5.59. The predicted octanol–water partition coefficient (Wildman–Crippen LogP) is 2.15. The van der Waals surface area contributed by atoms with Crippen LogP contribution in [0.4, 0.5) is 0 Å². The number of carbonyl (C=O) groups excluding carboxylic acids is 1. The highest BCUT2D eigenvalue weighted by Crippen LogP contribution is 2.26. The number of hydrogen-bond donors (Lipinski definition) is 2. The topological polar surface area (TPSA) is 76.0 Å². The first kappa shape index (κ1) is 16.5. The lowest BCUT2D eigenvalue weighted by Crippen LogP contribution is -2.25. The van der Waals surface area contributed by atoms with E-state index in [9.17, 15) is 15.0 Å². The molecule has 20 heavy (non-hydrogen) atoms. The van der Waals surface area contributed by atoms with Crippen LogP contribution in [0.25, 0.3) is 0 Å². The molecule has 1 rings (SSSR count). The van der Waals surface area contributed by atoms with Crippen molar-refractivity contribution in [3.05, 3.63) is 23.8 Å². The van der Waals surface area contributed by atoms with Gasteiger partial charge < -0.3 is 19.7 Å². The van der Waals surface area contributed by atoms with Crippen LogP contribution in [0.2, 0.25) is 0 Å². The standard InChI is InChI=1S/C15H22O5/c1-3-15(2,18)6-7-19-8-9-20-14-10-12(11-16)4-5-13(14)17/h4-5,10-11,17-18H,3,6-9H2,1-2H3. The van der Waals surface area contributed by atoms with E-state index in [0.717, 1.165) is 0 Å². The molecule has 0 aromatic heterocycles. The molecule has 0 aliphatic heterocycles. The van der Waals surface area contributed by atoms with Gasteiger partial charge in [-0.2, -0.15) is 0 Å². The van der Waals surface area contributed by atoms with Gasteiger partial charge in [-0.1, -0.05) is 6.92 Å². The van der Waals surface area contributed by atoms with Gasteiger partial charge in [0.05, 0.1) is 12.2 Å². The van der Waals surface area contributed by atoms with E-state index >= 15 is 0 Å². The molecule has 5 nitrogen and oxygen atoms in total. The van der Waals surface area contributed by atoms with E-state index in [4.69, 9.17) is 9.47 Å². The Morgan fingerprint density at radius 3 is 2.70 bits per heavy atom. The molecule has 0 aliphatic rings. The van der Waals surface area contributed by atoms with Gasteiger partial charge in [-0.15, -0.1) is 0 Å². The Morgan fingerprint density at radius 1 is 1.30 bits per heavy atom. The van der Waals surface area contributed by atoms with Gasteiger partial charge in [0.2, 0.25) is 0 Å². The SMILES string of the molecule is CCC(C)(O)CCOCCOc1cc(C=O)ccc1O. The van der Waals surface area contributed by atoms with Gasteiger partial charge >= 0.3 is 0 Å². The summed E-state index contributed by atoms with van der Waals surface area (Å²) in [6, 6.07) is 4.40. The van der Waals surface area contributed by atoms with Crippen LogP contribution in [0.1, 0.15) is 37.0 Å². The van der Waals surface area contributed by atoms with Crippen LogP contribution in [0.15, 0.2) is 18.2 Å². The quantitative estimate of drug-likeness (QED) is 0.536. The molecule has 0 amide bonds. The maximum absolute atomic E-state index is 10.6. The van der Waals surface area contributed by atoms with E-state index in [-0.39, 0.29) is 18.1 Å². The summed E-state index contributed by atoms with van der Waals surface area (Å²) < 4.78 is 10.7. The molecule has 0 spiro atoms. The van der Waals surface area contributed by atoms with E-state index in [0.29, 0.717) is 37.9 Å². The summed E-state index contributed by atoms with van der Waals surface area (Å²) in [7, 11) is 0. The summed E-state index contributed by atoms with van der Waals surface area (Å²) in [5.74, 6) is 0.253. The molecule has 2 N–H and O–H groups in total. The number of hydrogen-bond acceptors (Lipinski definition) is 5. The van der Waals surface area contributed by atoms with Gasteiger partial charge in [0, 0.05) is 12.2 Å². The smallest absolute Gasteiger partial charge is 0.161 e. The molecule has 0 saturated heterocycles. The lowest BCUT2D eigenvalue weighted by molar-refractivity contribution is 0.00645. The van der Waals surface area contributed by atoms with E-state index in [2.05, 4.69) is 0 Å². The fraction of sp³-hybridized carbons (Fsp3) is 0.533. The average Bonchev–Trinajstić information content (AvgIpc) is 2.44. The predicted molar refractivity (Wildman–Crippen MR) is 75.3 cm³/mol. The lowest BCUT2D eigenvalue weighted by atomic mass is 10.0. The number of rotatable bonds is 9. The number of aldehydes is 1. The van der Waals surface area contributed by atoms with Gasteiger partial charge in [-0.3, -0.25) is 4.79 Å². The van der Waals surface area contributed by atoms with Crippen molar-refractivity contribution in [1.29, 1.82) is 0 Å². The molecule has 112 valence electrons. The minimum atomic E-state index is -0.697. The Bertz CT molecular complexity index is 428. The largest absolute Gasteiger partial charge is 0.504 e. The molecule has 1 aromatic rings. The Kier molecular flexibility index (Phi) is 6.48.